The minimum absolute atomic E-state index is 0.117. The maximum absolute atomic E-state index is 14.2. The van der Waals surface area contributed by atoms with Crippen LogP contribution in [0.1, 0.15) is 48.4 Å². The number of likely N-dealkylation sites (tertiary alicyclic amines) is 1. The molecule has 2 atom stereocenters. The van der Waals surface area contributed by atoms with E-state index in [2.05, 4.69) is 29.9 Å². The Balaban J connectivity index is 1.17. The van der Waals surface area contributed by atoms with Gasteiger partial charge in [-0.2, -0.15) is 4.37 Å². The average Bonchev–Trinajstić information content (AvgIpc) is 3.84. The van der Waals surface area contributed by atoms with Crippen molar-refractivity contribution in [1.82, 2.24) is 29.9 Å². The van der Waals surface area contributed by atoms with E-state index in [1.165, 1.54) is 31.0 Å². The molecule has 0 unspecified atom stereocenters. The van der Waals surface area contributed by atoms with Gasteiger partial charge < -0.3 is 15.5 Å². The molecule has 0 spiro atoms. The monoisotopic (exact) mass is 538 g/mol. The van der Waals surface area contributed by atoms with Crippen molar-refractivity contribution in [1.29, 1.82) is 0 Å². The third kappa shape index (κ3) is 5.30. The first-order chi connectivity index (χ1) is 18.4. The molecule has 2 saturated carbocycles. The van der Waals surface area contributed by atoms with Gasteiger partial charge in [-0.15, -0.1) is 0 Å². The molecule has 0 bridgehead atoms. The Morgan fingerprint density at radius 1 is 1.11 bits per heavy atom. The topological polar surface area (TPSA) is 100 Å². The van der Waals surface area contributed by atoms with Gasteiger partial charge in [0, 0.05) is 49.7 Å². The summed E-state index contributed by atoms with van der Waals surface area (Å²) >= 11 is 0.973. The van der Waals surface area contributed by atoms with Crippen LogP contribution >= 0.6 is 11.5 Å². The Morgan fingerprint density at radius 2 is 1.89 bits per heavy atom. The van der Waals surface area contributed by atoms with Crippen LogP contribution in [-0.4, -0.2) is 56.7 Å². The summed E-state index contributed by atoms with van der Waals surface area (Å²) < 4.78 is 31.7. The van der Waals surface area contributed by atoms with Gasteiger partial charge in [-0.25, -0.2) is 18.7 Å². The molecule has 3 fully saturated rings. The van der Waals surface area contributed by atoms with Crippen LogP contribution in [0.3, 0.4) is 0 Å². The highest BCUT2D eigenvalue weighted by atomic mass is 32.1. The quantitative estimate of drug-likeness (QED) is 0.455. The molecule has 1 aromatic carbocycles. The summed E-state index contributed by atoms with van der Waals surface area (Å²) in [5.74, 6) is -1.05. The van der Waals surface area contributed by atoms with E-state index >= 15 is 0 Å². The van der Waals surface area contributed by atoms with E-state index in [4.69, 9.17) is 0 Å². The molecular formula is C27H28F2N6O2S. The first-order valence-electron chi connectivity index (χ1n) is 12.9. The number of carbonyl (C=O) groups excluding carboxylic acids is 2. The highest BCUT2D eigenvalue weighted by Crippen LogP contribution is 2.44. The molecule has 0 radical (unpaired) electrons. The van der Waals surface area contributed by atoms with Crippen LogP contribution in [0.15, 0.2) is 42.7 Å². The fourth-order valence-corrected chi connectivity index (χ4v) is 5.89. The van der Waals surface area contributed by atoms with Crippen molar-refractivity contribution in [2.24, 2.45) is 11.8 Å². The molecule has 2 aromatic heterocycles. The van der Waals surface area contributed by atoms with Crippen molar-refractivity contribution >= 4 is 23.3 Å². The third-order valence-electron chi connectivity index (χ3n) is 7.61. The second-order valence-corrected chi connectivity index (χ2v) is 11.3. The van der Waals surface area contributed by atoms with Gasteiger partial charge in [0.05, 0.1) is 16.3 Å². The predicted molar refractivity (Wildman–Crippen MR) is 137 cm³/mol. The van der Waals surface area contributed by atoms with Crippen molar-refractivity contribution in [2.75, 3.05) is 19.6 Å². The molecule has 1 aliphatic heterocycles. The number of amides is 2. The molecule has 3 aliphatic rings. The van der Waals surface area contributed by atoms with Gasteiger partial charge in [0.25, 0.3) is 5.91 Å². The van der Waals surface area contributed by atoms with E-state index in [0.29, 0.717) is 29.6 Å². The van der Waals surface area contributed by atoms with Crippen molar-refractivity contribution in [3.8, 4) is 10.4 Å². The summed E-state index contributed by atoms with van der Waals surface area (Å²) in [5, 5.41) is 6.22. The molecule has 198 valence electrons. The summed E-state index contributed by atoms with van der Waals surface area (Å²) in [6.07, 6.45) is 7.99. The summed E-state index contributed by atoms with van der Waals surface area (Å²) in [6, 6.07) is 6.18. The van der Waals surface area contributed by atoms with Crippen LogP contribution in [0.2, 0.25) is 0 Å². The Bertz CT molecular complexity index is 1340. The zero-order valence-electron chi connectivity index (χ0n) is 20.7. The zero-order valence-corrected chi connectivity index (χ0v) is 21.5. The maximum atomic E-state index is 14.2. The van der Waals surface area contributed by atoms with Gasteiger partial charge >= 0.3 is 0 Å². The lowest BCUT2D eigenvalue weighted by Crippen LogP contribution is -2.57. The summed E-state index contributed by atoms with van der Waals surface area (Å²) in [5.41, 5.74) is -0.217. The number of rotatable bonds is 8. The van der Waals surface area contributed by atoms with Crippen molar-refractivity contribution in [3.63, 3.8) is 0 Å². The lowest BCUT2D eigenvalue weighted by atomic mass is 9.90. The molecule has 3 heterocycles. The highest BCUT2D eigenvalue weighted by Gasteiger charge is 2.50. The summed E-state index contributed by atoms with van der Waals surface area (Å²) in [6.45, 7) is 2.32. The van der Waals surface area contributed by atoms with Crippen LogP contribution in [0.5, 0.6) is 0 Å². The average molecular weight is 539 g/mol. The van der Waals surface area contributed by atoms with Gasteiger partial charge in [-0.1, -0.05) is 0 Å². The lowest BCUT2D eigenvalue weighted by molar-refractivity contribution is -0.128. The minimum Gasteiger partial charge on any atom is -0.347 e. The molecule has 6 rings (SSSR count). The Kier molecular flexibility index (Phi) is 6.65. The SMILES string of the molecule is O=C(N[C@H]1CCN(CC2CC2)C[C@@H]1C(=O)NC1(c2ncccn2)CC1)c1cc(-c2ccc(F)cc2F)sn1. The van der Waals surface area contributed by atoms with Gasteiger partial charge in [0.1, 0.15) is 17.3 Å². The Morgan fingerprint density at radius 3 is 2.61 bits per heavy atom. The highest BCUT2D eigenvalue weighted by molar-refractivity contribution is 7.09. The van der Waals surface area contributed by atoms with Gasteiger partial charge in [0.15, 0.2) is 5.82 Å². The number of carbonyl (C=O) groups is 2. The molecular weight excluding hydrogens is 510 g/mol. The first kappa shape index (κ1) is 25.0. The number of aromatic nitrogens is 3. The summed E-state index contributed by atoms with van der Waals surface area (Å²) in [7, 11) is 0. The molecule has 8 nitrogen and oxygen atoms in total. The van der Waals surface area contributed by atoms with Gasteiger partial charge in [-0.3, -0.25) is 9.59 Å². The van der Waals surface area contributed by atoms with Crippen LogP contribution in [-0.2, 0) is 10.3 Å². The number of halogens is 2. The molecule has 11 heteroatoms. The van der Waals surface area contributed by atoms with Gasteiger partial charge in [0.2, 0.25) is 5.91 Å². The number of benzene rings is 1. The molecule has 1 saturated heterocycles. The van der Waals surface area contributed by atoms with Crippen molar-refractivity contribution in [2.45, 2.75) is 43.7 Å². The number of nitrogens with zero attached hydrogens (tertiary/aromatic N) is 4. The third-order valence-corrected chi connectivity index (χ3v) is 8.43. The number of piperidine rings is 1. The largest absolute Gasteiger partial charge is 0.347 e. The summed E-state index contributed by atoms with van der Waals surface area (Å²) in [4.78, 5) is 38.3. The first-order valence-corrected chi connectivity index (χ1v) is 13.7. The minimum atomic E-state index is -0.711. The van der Waals surface area contributed by atoms with Gasteiger partial charge in [-0.05, 0) is 73.8 Å². The number of nitrogens with one attached hydrogen (secondary N) is 2. The number of hydrogen-bond acceptors (Lipinski definition) is 7. The molecule has 38 heavy (non-hydrogen) atoms. The number of hydrogen-bond donors (Lipinski definition) is 2. The van der Waals surface area contributed by atoms with E-state index in [0.717, 1.165) is 43.5 Å². The zero-order chi connectivity index (χ0) is 26.3. The van der Waals surface area contributed by atoms with Crippen molar-refractivity contribution in [3.05, 3.63) is 65.9 Å². The lowest BCUT2D eigenvalue weighted by Gasteiger charge is -2.38. The molecule has 3 aromatic rings. The van der Waals surface area contributed by atoms with E-state index in [1.807, 2.05) is 0 Å². The Hall–Kier alpha value is -3.31. The standard InChI is InChI=1S/C27H28F2N6O2S/c28-17-4-5-18(20(29)12-17)23-13-22(34-38-23)25(37)32-21-6-11-35(14-16-2-3-16)15-19(21)24(36)33-27(7-8-27)26-30-9-1-10-31-26/h1,4-5,9-10,12-13,16,19,21H,2-3,6-8,11,14-15H2,(H,32,37)(H,33,36)/t19-,21-/m0/s1. The van der Waals surface area contributed by atoms with Crippen LogP contribution in [0, 0.1) is 23.5 Å². The maximum Gasteiger partial charge on any atom is 0.271 e. The molecule has 2 amide bonds. The fourth-order valence-electron chi connectivity index (χ4n) is 5.13. The normalized spacial score (nSPS) is 22.6. The van der Waals surface area contributed by atoms with E-state index in [1.54, 1.807) is 18.5 Å². The van der Waals surface area contributed by atoms with Crippen LogP contribution in [0.25, 0.3) is 10.4 Å². The van der Waals surface area contributed by atoms with E-state index < -0.39 is 29.0 Å². The molecule has 2 N–H and O–H groups in total. The predicted octanol–water partition coefficient (Wildman–Crippen LogP) is 3.51. The smallest absolute Gasteiger partial charge is 0.271 e. The van der Waals surface area contributed by atoms with Crippen LogP contribution < -0.4 is 10.6 Å². The Labute approximate surface area is 223 Å². The second kappa shape index (κ2) is 10.1. The molecule has 2 aliphatic carbocycles. The van der Waals surface area contributed by atoms with E-state index in [9.17, 15) is 18.4 Å². The van der Waals surface area contributed by atoms with E-state index in [-0.39, 0.29) is 23.2 Å². The van der Waals surface area contributed by atoms with Crippen molar-refractivity contribution < 1.29 is 18.4 Å². The van der Waals surface area contributed by atoms with Crippen LogP contribution in [0.4, 0.5) is 8.78 Å². The second-order valence-electron chi connectivity index (χ2n) is 10.5. The fraction of sp³-hybridized carbons (Fsp3) is 0.444.